The first-order chi connectivity index (χ1) is 9.22. The van der Waals surface area contributed by atoms with E-state index in [0.29, 0.717) is 17.8 Å². The lowest BCUT2D eigenvalue weighted by atomic mass is 9.76. The second-order valence-corrected chi connectivity index (χ2v) is 5.01. The summed E-state index contributed by atoms with van der Waals surface area (Å²) in [6, 6.07) is 5.84. The van der Waals surface area contributed by atoms with Gasteiger partial charge in [-0.1, -0.05) is 0 Å². The summed E-state index contributed by atoms with van der Waals surface area (Å²) in [7, 11) is 0. The Labute approximate surface area is 110 Å². The zero-order valence-electron chi connectivity index (χ0n) is 10.5. The highest BCUT2D eigenvalue weighted by Gasteiger charge is 2.45. The molecule has 1 amide bonds. The van der Waals surface area contributed by atoms with Gasteiger partial charge in [-0.3, -0.25) is 4.79 Å². The van der Waals surface area contributed by atoms with Crippen molar-refractivity contribution < 1.29 is 18.7 Å². The molecule has 1 N–H and O–H groups in total. The number of benzene rings is 1. The van der Waals surface area contributed by atoms with Crippen molar-refractivity contribution in [2.45, 2.75) is 25.0 Å². The van der Waals surface area contributed by atoms with Crippen molar-refractivity contribution in [2.75, 3.05) is 13.2 Å². The van der Waals surface area contributed by atoms with Crippen LogP contribution in [0.4, 0.5) is 4.39 Å². The minimum atomic E-state index is -0.321. The predicted octanol–water partition coefficient (Wildman–Crippen LogP) is 1.50. The topological polar surface area (TPSA) is 47.6 Å². The number of ether oxygens (including phenoxy) is 2. The van der Waals surface area contributed by atoms with E-state index < -0.39 is 0 Å². The third-order valence-electron chi connectivity index (χ3n) is 3.79. The van der Waals surface area contributed by atoms with E-state index in [9.17, 15) is 9.18 Å². The van der Waals surface area contributed by atoms with E-state index in [1.165, 1.54) is 24.3 Å². The molecule has 19 heavy (non-hydrogen) atoms. The number of hydrogen-bond acceptors (Lipinski definition) is 3. The first kappa shape index (κ1) is 12.4. The molecule has 0 radical (unpaired) electrons. The third-order valence-corrected chi connectivity index (χ3v) is 3.79. The Hall–Kier alpha value is -1.62. The molecule has 2 aliphatic rings. The summed E-state index contributed by atoms with van der Waals surface area (Å²) in [5.41, 5.74) is 0. The molecule has 4 nitrogen and oxygen atoms in total. The Morgan fingerprint density at radius 3 is 2.95 bits per heavy atom. The fraction of sp³-hybridized carbons (Fsp3) is 0.500. The molecule has 102 valence electrons. The summed E-state index contributed by atoms with van der Waals surface area (Å²) in [5, 5.41) is 2.95. The fourth-order valence-electron chi connectivity index (χ4n) is 2.69. The van der Waals surface area contributed by atoms with Crippen LogP contribution in [0.25, 0.3) is 0 Å². The molecule has 0 bridgehead atoms. The normalized spacial score (nSPS) is 28.4. The molecule has 3 atom stereocenters. The minimum absolute atomic E-state index is 0.0413. The molecule has 0 spiro atoms. The Kier molecular flexibility index (Phi) is 3.38. The van der Waals surface area contributed by atoms with Crippen LogP contribution in [0.3, 0.4) is 0 Å². The monoisotopic (exact) mass is 265 g/mol. The lowest BCUT2D eigenvalue weighted by Gasteiger charge is -2.39. The summed E-state index contributed by atoms with van der Waals surface area (Å²) < 4.78 is 23.5. The smallest absolute Gasteiger partial charge is 0.258 e. The van der Waals surface area contributed by atoms with Gasteiger partial charge in [0.2, 0.25) is 0 Å². The molecule has 0 unspecified atom stereocenters. The highest BCUT2D eigenvalue weighted by molar-refractivity contribution is 5.78. The van der Waals surface area contributed by atoms with Crippen LogP contribution in [-0.2, 0) is 9.53 Å². The van der Waals surface area contributed by atoms with Gasteiger partial charge in [-0.05, 0) is 37.1 Å². The van der Waals surface area contributed by atoms with E-state index in [0.717, 1.165) is 19.4 Å². The second-order valence-electron chi connectivity index (χ2n) is 5.01. The van der Waals surface area contributed by atoms with Crippen LogP contribution in [0.15, 0.2) is 24.3 Å². The van der Waals surface area contributed by atoms with Gasteiger partial charge in [-0.2, -0.15) is 0 Å². The van der Waals surface area contributed by atoms with Gasteiger partial charge < -0.3 is 14.8 Å². The molecule has 3 rings (SSSR count). The summed E-state index contributed by atoms with van der Waals surface area (Å²) in [6.45, 7) is 0.758. The van der Waals surface area contributed by atoms with Gasteiger partial charge in [-0.25, -0.2) is 4.39 Å². The SMILES string of the molecule is O=C(COc1ccc(F)cc1)N[C@@H]1C[C@H]2OCC[C@@H]12. The molecule has 5 heteroatoms. The van der Waals surface area contributed by atoms with E-state index in [1.54, 1.807) is 0 Å². The highest BCUT2D eigenvalue weighted by Crippen LogP contribution is 2.38. The van der Waals surface area contributed by atoms with Gasteiger partial charge in [0.1, 0.15) is 11.6 Å². The van der Waals surface area contributed by atoms with Crippen LogP contribution in [0.2, 0.25) is 0 Å². The van der Waals surface area contributed by atoms with Crippen molar-refractivity contribution in [3.05, 3.63) is 30.1 Å². The maximum atomic E-state index is 12.7. The standard InChI is InChI=1S/C14H16FNO3/c15-9-1-3-10(4-2-9)19-8-14(17)16-12-7-13-11(12)5-6-18-13/h1-4,11-13H,5-8H2,(H,16,17)/t11-,12+,13+/m0/s1. The number of halogens is 1. The van der Waals surface area contributed by atoms with E-state index >= 15 is 0 Å². The lowest BCUT2D eigenvalue weighted by Crippen LogP contribution is -2.54. The van der Waals surface area contributed by atoms with Crippen LogP contribution < -0.4 is 10.1 Å². The average Bonchev–Trinajstić information content (AvgIpc) is 2.77. The van der Waals surface area contributed by atoms with Crippen molar-refractivity contribution in [2.24, 2.45) is 5.92 Å². The molecule has 0 aromatic heterocycles. The molecule has 2 fully saturated rings. The Balaban J connectivity index is 1.43. The zero-order valence-corrected chi connectivity index (χ0v) is 10.5. The first-order valence-corrected chi connectivity index (χ1v) is 6.52. The van der Waals surface area contributed by atoms with E-state index in [2.05, 4.69) is 5.32 Å². The fourth-order valence-corrected chi connectivity index (χ4v) is 2.69. The van der Waals surface area contributed by atoms with Crippen molar-refractivity contribution >= 4 is 5.91 Å². The van der Waals surface area contributed by atoms with Crippen LogP contribution in [0, 0.1) is 11.7 Å². The molecule has 1 aliphatic carbocycles. The molecule has 1 aromatic carbocycles. The van der Waals surface area contributed by atoms with Gasteiger partial charge >= 0.3 is 0 Å². The van der Waals surface area contributed by atoms with Gasteiger partial charge in [0.15, 0.2) is 6.61 Å². The van der Waals surface area contributed by atoms with Crippen LogP contribution in [0.1, 0.15) is 12.8 Å². The van der Waals surface area contributed by atoms with Crippen molar-refractivity contribution in [1.29, 1.82) is 0 Å². The quantitative estimate of drug-likeness (QED) is 0.897. The van der Waals surface area contributed by atoms with Gasteiger partial charge in [0.05, 0.1) is 6.10 Å². The average molecular weight is 265 g/mol. The Morgan fingerprint density at radius 1 is 1.42 bits per heavy atom. The van der Waals surface area contributed by atoms with Crippen LogP contribution in [0.5, 0.6) is 5.75 Å². The molecule has 1 aromatic rings. The molecule has 1 saturated carbocycles. The molecule has 1 heterocycles. The number of nitrogens with one attached hydrogen (secondary N) is 1. The number of rotatable bonds is 4. The third kappa shape index (κ3) is 2.71. The number of carbonyl (C=O) groups excluding carboxylic acids is 1. The van der Waals surface area contributed by atoms with Gasteiger partial charge in [0, 0.05) is 18.6 Å². The zero-order chi connectivity index (χ0) is 13.2. The number of carbonyl (C=O) groups is 1. The predicted molar refractivity (Wildman–Crippen MR) is 66.3 cm³/mol. The second kappa shape index (κ2) is 5.17. The summed E-state index contributed by atoms with van der Waals surface area (Å²) in [6.07, 6.45) is 2.25. The van der Waals surface area contributed by atoms with E-state index in [-0.39, 0.29) is 24.4 Å². The largest absolute Gasteiger partial charge is 0.484 e. The van der Waals surface area contributed by atoms with Gasteiger partial charge in [-0.15, -0.1) is 0 Å². The first-order valence-electron chi connectivity index (χ1n) is 6.52. The lowest BCUT2D eigenvalue weighted by molar-refractivity contribution is -0.126. The maximum absolute atomic E-state index is 12.7. The number of fused-ring (bicyclic) bond motifs is 1. The van der Waals surface area contributed by atoms with Crippen LogP contribution in [-0.4, -0.2) is 31.3 Å². The number of hydrogen-bond donors (Lipinski definition) is 1. The molecule has 1 saturated heterocycles. The Morgan fingerprint density at radius 2 is 2.21 bits per heavy atom. The van der Waals surface area contributed by atoms with Gasteiger partial charge in [0.25, 0.3) is 5.91 Å². The van der Waals surface area contributed by atoms with Crippen LogP contribution >= 0.6 is 0 Å². The van der Waals surface area contributed by atoms with E-state index in [4.69, 9.17) is 9.47 Å². The summed E-state index contributed by atoms with van der Waals surface area (Å²) in [4.78, 5) is 11.7. The molecular formula is C14H16FNO3. The summed E-state index contributed by atoms with van der Waals surface area (Å²) in [5.74, 6) is 0.500. The number of amides is 1. The van der Waals surface area contributed by atoms with Crippen molar-refractivity contribution in [3.8, 4) is 5.75 Å². The van der Waals surface area contributed by atoms with Crippen molar-refractivity contribution in [3.63, 3.8) is 0 Å². The molecular weight excluding hydrogens is 249 g/mol. The Bertz CT molecular complexity index is 462. The summed E-state index contributed by atoms with van der Waals surface area (Å²) >= 11 is 0. The highest BCUT2D eigenvalue weighted by atomic mass is 19.1. The van der Waals surface area contributed by atoms with E-state index in [1.807, 2.05) is 0 Å². The maximum Gasteiger partial charge on any atom is 0.258 e. The minimum Gasteiger partial charge on any atom is -0.484 e. The molecule has 1 aliphatic heterocycles. The van der Waals surface area contributed by atoms with Crippen molar-refractivity contribution in [1.82, 2.24) is 5.32 Å².